The van der Waals surface area contributed by atoms with E-state index in [2.05, 4.69) is 35.9 Å². The Labute approximate surface area is 155 Å². The number of hydrogen-bond acceptors (Lipinski definition) is 3. The summed E-state index contributed by atoms with van der Waals surface area (Å²) >= 11 is 0. The quantitative estimate of drug-likeness (QED) is 0.685. The molecule has 5 nitrogen and oxygen atoms in total. The summed E-state index contributed by atoms with van der Waals surface area (Å²) in [4.78, 5) is 23.8. The van der Waals surface area contributed by atoms with E-state index in [1.807, 2.05) is 43.3 Å². The Balaban J connectivity index is 1.97. The Bertz CT molecular complexity index is 785. The summed E-state index contributed by atoms with van der Waals surface area (Å²) in [5.41, 5.74) is 4.53. The average Bonchev–Trinajstić information content (AvgIpc) is 2.62. The van der Waals surface area contributed by atoms with Crippen molar-refractivity contribution in [2.75, 3.05) is 22.5 Å². The molecule has 0 aliphatic heterocycles. The molecule has 2 amide bonds. The van der Waals surface area contributed by atoms with Gasteiger partial charge in [0.25, 0.3) is 0 Å². The highest BCUT2D eigenvalue weighted by Crippen LogP contribution is 2.21. The van der Waals surface area contributed by atoms with E-state index in [0.29, 0.717) is 12.3 Å². The van der Waals surface area contributed by atoms with Crippen LogP contribution in [0.5, 0.6) is 0 Å². The van der Waals surface area contributed by atoms with Crippen molar-refractivity contribution in [3.05, 3.63) is 53.6 Å². The number of amides is 2. The van der Waals surface area contributed by atoms with Crippen LogP contribution in [0.1, 0.15) is 44.2 Å². The van der Waals surface area contributed by atoms with E-state index in [0.717, 1.165) is 22.6 Å². The third kappa shape index (κ3) is 5.62. The molecule has 0 aromatic heterocycles. The van der Waals surface area contributed by atoms with E-state index in [9.17, 15) is 9.59 Å². The van der Waals surface area contributed by atoms with Crippen LogP contribution in [0.4, 0.5) is 17.1 Å². The fourth-order valence-corrected chi connectivity index (χ4v) is 2.50. The van der Waals surface area contributed by atoms with Crippen molar-refractivity contribution in [2.45, 2.75) is 40.0 Å². The van der Waals surface area contributed by atoms with Crippen molar-refractivity contribution in [2.24, 2.45) is 0 Å². The molecule has 0 saturated heterocycles. The molecule has 26 heavy (non-hydrogen) atoms. The van der Waals surface area contributed by atoms with Crippen LogP contribution in [0.15, 0.2) is 42.5 Å². The van der Waals surface area contributed by atoms with Gasteiger partial charge in [-0.2, -0.15) is 0 Å². The SMILES string of the molecule is CCC(=O)Nc1ccc(C)c(NCC(=O)Nc2cccc(C(C)C)c2)c1. The Kier molecular flexibility index (Phi) is 6.78. The molecule has 0 atom stereocenters. The first-order valence-electron chi connectivity index (χ1n) is 8.93. The molecule has 0 unspecified atom stereocenters. The summed E-state index contributed by atoms with van der Waals surface area (Å²) in [5, 5.41) is 8.87. The highest BCUT2D eigenvalue weighted by Gasteiger charge is 2.07. The molecule has 0 fully saturated rings. The Morgan fingerprint density at radius 2 is 1.65 bits per heavy atom. The topological polar surface area (TPSA) is 70.2 Å². The van der Waals surface area contributed by atoms with Crippen molar-refractivity contribution in [3.8, 4) is 0 Å². The van der Waals surface area contributed by atoms with Crippen LogP contribution < -0.4 is 16.0 Å². The number of benzene rings is 2. The minimum atomic E-state index is -0.117. The molecule has 138 valence electrons. The van der Waals surface area contributed by atoms with E-state index in [1.54, 1.807) is 6.92 Å². The molecule has 2 aromatic rings. The molecular weight excluding hydrogens is 326 g/mol. The maximum absolute atomic E-state index is 12.2. The first kappa shape index (κ1) is 19.5. The van der Waals surface area contributed by atoms with Crippen molar-refractivity contribution < 1.29 is 9.59 Å². The zero-order valence-corrected chi connectivity index (χ0v) is 15.8. The number of anilines is 3. The van der Waals surface area contributed by atoms with Gasteiger partial charge in [-0.3, -0.25) is 9.59 Å². The highest BCUT2D eigenvalue weighted by molar-refractivity contribution is 5.94. The van der Waals surface area contributed by atoms with E-state index >= 15 is 0 Å². The fraction of sp³-hybridized carbons (Fsp3) is 0.333. The van der Waals surface area contributed by atoms with Crippen LogP contribution in [-0.4, -0.2) is 18.4 Å². The zero-order chi connectivity index (χ0) is 19.1. The zero-order valence-electron chi connectivity index (χ0n) is 15.8. The lowest BCUT2D eigenvalue weighted by Gasteiger charge is -2.13. The predicted molar refractivity (Wildman–Crippen MR) is 108 cm³/mol. The van der Waals surface area contributed by atoms with Crippen LogP contribution in [0.3, 0.4) is 0 Å². The van der Waals surface area contributed by atoms with Crippen molar-refractivity contribution >= 4 is 28.9 Å². The number of carbonyl (C=O) groups excluding carboxylic acids is 2. The summed E-state index contributed by atoms with van der Waals surface area (Å²) < 4.78 is 0. The van der Waals surface area contributed by atoms with Crippen molar-refractivity contribution in [3.63, 3.8) is 0 Å². The molecular formula is C21H27N3O2. The van der Waals surface area contributed by atoms with Gasteiger partial charge in [0.05, 0.1) is 6.54 Å². The van der Waals surface area contributed by atoms with Gasteiger partial charge in [-0.1, -0.05) is 39.0 Å². The van der Waals surface area contributed by atoms with Gasteiger partial charge in [0.15, 0.2) is 0 Å². The third-order valence-corrected chi connectivity index (χ3v) is 4.12. The predicted octanol–water partition coefficient (Wildman–Crippen LogP) is 4.52. The lowest BCUT2D eigenvalue weighted by Crippen LogP contribution is -2.22. The molecule has 0 bridgehead atoms. The monoisotopic (exact) mass is 353 g/mol. The summed E-state index contributed by atoms with van der Waals surface area (Å²) in [6, 6.07) is 13.5. The molecule has 0 radical (unpaired) electrons. The first-order chi connectivity index (χ1) is 12.4. The van der Waals surface area contributed by atoms with E-state index in [-0.39, 0.29) is 18.4 Å². The lowest BCUT2D eigenvalue weighted by molar-refractivity contribution is -0.116. The van der Waals surface area contributed by atoms with Crippen LogP contribution >= 0.6 is 0 Å². The van der Waals surface area contributed by atoms with Gasteiger partial charge in [0.2, 0.25) is 11.8 Å². The van der Waals surface area contributed by atoms with Crippen molar-refractivity contribution in [1.82, 2.24) is 0 Å². The second kappa shape index (κ2) is 9.04. The van der Waals surface area contributed by atoms with Gasteiger partial charge in [-0.25, -0.2) is 0 Å². The molecule has 0 aliphatic carbocycles. The molecule has 0 spiro atoms. The smallest absolute Gasteiger partial charge is 0.243 e. The van der Waals surface area contributed by atoms with E-state index in [4.69, 9.17) is 0 Å². The van der Waals surface area contributed by atoms with Crippen LogP contribution in [0.25, 0.3) is 0 Å². The molecule has 0 saturated carbocycles. The van der Waals surface area contributed by atoms with Crippen molar-refractivity contribution in [1.29, 1.82) is 0 Å². The number of nitrogens with one attached hydrogen (secondary N) is 3. The summed E-state index contributed by atoms with van der Waals surface area (Å²) in [6.07, 6.45) is 0.425. The minimum Gasteiger partial charge on any atom is -0.376 e. The number of rotatable bonds is 7. The average molecular weight is 353 g/mol. The number of carbonyl (C=O) groups is 2. The normalized spacial score (nSPS) is 10.5. The second-order valence-electron chi connectivity index (χ2n) is 6.61. The fourth-order valence-electron chi connectivity index (χ4n) is 2.50. The molecule has 3 N–H and O–H groups in total. The number of hydrogen-bond donors (Lipinski definition) is 3. The first-order valence-corrected chi connectivity index (χ1v) is 8.93. The molecule has 2 aromatic carbocycles. The summed E-state index contributed by atoms with van der Waals surface area (Å²) in [5.74, 6) is 0.254. The standard InChI is InChI=1S/C21H27N3O2/c1-5-20(25)23-18-10-9-15(4)19(12-18)22-13-21(26)24-17-8-6-7-16(11-17)14(2)3/h6-12,14,22H,5,13H2,1-4H3,(H,23,25)(H,24,26). The number of aryl methyl sites for hydroxylation is 1. The van der Waals surface area contributed by atoms with E-state index in [1.165, 1.54) is 5.56 Å². The molecule has 5 heteroatoms. The lowest BCUT2D eigenvalue weighted by atomic mass is 10.0. The third-order valence-electron chi connectivity index (χ3n) is 4.12. The van der Waals surface area contributed by atoms with Crippen LogP contribution in [0, 0.1) is 6.92 Å². The Morgan fingerprint density at radius 1 is 0.962 bits per heavy atom. The van der Waals surface area contributed by atoms with Gasteiger partial charge in [-0.15, -0.1) is 0 Å². The summed E-state index contributed by atoms with van der Waals surface area (Å²) in [6.45, 7) is 8.15. The van der Waals surface area contributed by atoms with Gasteiger partial charge in [0.1, 0.15) is 0 Å². The van der Waals surface area contributed by atoms with E-state index < -0.39 is 0 Å². The maximum atomic E-state index is 12.2. The molecule has 2 rings (SSSR count). The largest absolute Gasteiger partial charge is 0.376 e. The maximum Gasteiger partial charge on any atom is 0.243 e. The summed E-state index contributed by atoms with van der Waals surface area (Å²) in [7, 11) is 0. The highest BCUT2D eigenvalue weighted by atomic mass is 16.2. The molecule has 0 heterocycles. The minimum absolute atomic E-state index is 0.0393. The van der Waals surface area contributed by atoms with Gasteiger partial charge in [0, 0.05) is 23.5 Å². The Hall–Kier alpha value is -2.82. The van der Waals surface area contributed by atoms with Gasteiger partial charge >= 0.3 is 0 Å². The Morgan fingerprint density at radius 3 is 2.35 bits per heavy atom. The van der Waals surface area contributed by atoms with Gasteiger partial charge in [-0.05, 0) is 48.2 Å². The second-order valence-corrected chi connectivity index (χ2v) is 6.61. The van der Waals surface area contributed by atoms with Crippen LogP contribution in [-0.2, 0) is 9.59 Å². The van der Waals surface area contributed by atoms with Gasteiger partial charge < -0.3 is 16.0 Å². The van der Waals surface area contributed by atoms with Crippen LogP contribution in [0.2, 0.25) is 0 Å². The molecule has 0 aliphatic rings.